The Morgan fingerprint density at radius 2 is 1.74 bits per heavy atom. The van der Waals surface area contributed by atoms with Crippen molar-refractivity contribution in [1.29, 1.82) is 0 Å². The van der Waals surface area contributed by atoms with Gasteiger partial charge in [-0.2, -0.15) is 0 Å². The molecule has 1 aromatic carbocycles. The molecule has 2 aromatic heterocycles. The molecule has 1 amide bonds. The number of rotatable bonds is 12. The van der Waals surface area contributed by atoms with Gasteiger partial charge < -0.3 is 15.6 Å². The lowest BCUT2D eigenvalue weighted by molar-refractivity contribution is -0.118. The van der Waals surface area contributed by atoms with Crippen molar-refractivity contribution < 1.29 is 4.79 Å². The van der Waals surface area contributed by atoms with Crippen LogP contribution in [-0.2, 0) is 17.8 Å². The third-order valence-electron chi connectivity index (χ3n) is 5.97. The van der Waals surface area contributed by atoms with Gasteiger partial charge in [0.2, 0.25) is 5.91 Å². The van der Waals surface area contributed by atoms with Crippen LogP contribution in [-0.4, -0.2) is 32.0 Å². The number of nitrogens with zero attached hydrogens (tertiary/aromatic N) is 3. The smallest absolute Gasteiger partial charge is 0.330 e. The highest BCUT2D eigenvalue weighted by molar-refractivity contribution is 5.95. The Labute approximate surface area is 203 Å². The molecule has 0 aliphatic carbocycles. The number of aryl methyl sites for hydroxylation is 1. The molecular formula is C25H34N6O4. The molecule has 0 spiro atoms. The van der Waals surface area contributed by atoms with Gasteiger partial charge >= 0.3 is 5.69 Å². The zero-order valence-corrected chi connectivity index (χ0v) is 20.4. The molecule has 0 radical (unpaired) electrons. The fourth-order valence-electron chi connectivity index (χ4n) is 4.05. The van der Waals surface area contributed by atoms with Gasteiger partial charge in [0.1, 0.15) is 11.6 Å². The number of anilines is 2. The van der Waals surface area contributed by atoms with Crippen molar-refractivity contribution in [3.8, 4) is 0 Å². The minimum atomic E-state index is -0.661. The van der Waals surface area contributed by atoms with E-state index in [1.165, 1.54) is 9.47 Å². The average Bonchev–Trinajstić information content (AvgIpc) is 2.83. The molecule has 0 bridgehead atoms. The van der Waals surface area contributed by atoms with Crippen LogP contribution in [0.3, 0.4) is 0 Å². The second-order valence-electron chi connectivity index (χ2n) is 8.63. The van der Waals surface area contributed by atoms with E-state index in [9.17, 15) is 19.2 Å². The number of carbonyl (C=O) groups excluding carboxylic acids is 1. The summed E-state index contributed by atoms with van der Waals surface area (Å²) in [6.45, 7) is 4.74. The number of hydrogen-bond donors (Lipinski definition) is 3. The Morgan fingerprint density at radius 1 is 1.00 bits per heavy atom. The molecule has 0 saturated heterocycles. The van der Waals surface area contributed by atoms with Gasteiger partial charge in [-0.15, -0.1) is 0 Å². The van der Waals surface area contributed by atoms with Gasteiger partial charge in [-0.25, -0.2) is 9.78 Å². The highest BCUT2D eigenvalue weighted by Crippen LogP contribution is 2.20. The van der Waals surface area contributed by atoms with Crippen LogP contribution in [0.2, 0.25) is 0 Å². The Hall–Kier alpha value is -3.69. The maximum atomic E-state index is 13.3. The van der Waals surface area contributed by atoms with E-state index in [0.717, 1.165) is 25.7 Å². The molecule has 0 unspecified atom stereocenters. The highest BCUT2D eigenvalue weighted by Gasteiger charge is 2.23. The van der Waals surface area contributed by atoms with Gasteiger partial charge in [0.15, 0.2) is 5.69 Å². The Morgan fingerprint density at radius 3 is 2.49 bits per heavy atom. The number of para-hydroxylation sites is 1. The van der Waals surface area contributed by atoms with E-state index in [1.807, 2.05) is 13.0 Å². The highest BCUT2D eigenvalue weighted by atomic mass is 16.2. The summed E-state index contributed by atoms with van der Waals surface area (Å²) in [5.74, 6) is 0.254. The van der Waals surface area contributed by atoms with E-state index in [0.29, 0.717) is 49.1 Å². The largest absolute Gasteiger partial charge is 0.383 e. The predicted octanol–water partition coefficient (Wildman–Crippen LogP) is 2.70. The zero-order valence-electron chi connectivity index (χ0n) is 20.4. The first-order valence-corrected chi connectivity index (χ1v) is 12.3. The van der Waals surface area contributed by atoms with E-state index in [1.54, 1.807) is 18.2 Å². The standard InChI is InChI=1S/C25H34N6O4/c1-3-5-9-16-30(21-22(26)31(15-6-4-2)25(35)29-24(21)34)20(32)14-10-13-19-27-18-12-8-7-11-17(18)23(33)28-19/h7-8,11-12H,3-6,9-10,13-16,26H2,1-2H3,(H,27,28,33)(H,29,34,35). The first kappa shape index (κ1) is 25.9. The Kier molecular flexibility index (Phi) is 8.99. The van der Waals surface area contributed by atoms with Crippen molar-refractivity contribution >= 4 is 28.3 Å². The van der Waals surface area contributed by atoms with Crippen molar-refractivity contribution in [2.45, 2.75) is 71.8 Å². The lowest BCUT2D eigenvalue weighted by atomic mass is 10.1. The van der Waals surface area contributed by atoms with E-state index in [2.05, 4.69) is 21.9 Å². The van der Waals surface area contributed by atoms with E-state index in [4.69, 9.17) is 5.73 Å². The minimum absolute atomic E-state index is 0.0116. The molecule has 188 valence electrons. The normalized spacial score (nSPS) is 11.1. The van der Waals surface area contributed by atoms with Crippen LogP contribution in [0, 0.1) is 0 Å². The second-order valence-corrected chi connectivity index (χ2v) is 8.63. The maximum Gasteiger partial charge on any atom is 0.330 e. The van der Waals surface area contributed by atoms with Crippen LogP contribution in [0.5, 0.6) is 0 Å². The molecule has 0 atom stereocenters. The number of nitrogens with two attached hydrogens (primary N) is 1. The van der Waals surface area contributed by atoms with Gasteiger partial charge in [0.05, 0.1) is 10.9 Å². The third kappa shape index (κ3) is 6.26. The van der Waals surface area contributed by atoms with E-state index >= 15 is 0 Å². The van der Waals surface area contributed by atoms with Crippen LogP contribution in [0.1, 0.15) is 64.6 Å². The predicted molar refractivity (Wildman–Crippen MR) is 138 cm³/mol. The minimum Gasteiger partial charge on any atom is -0.383 e. The quantitative estimate of drug-likeness (QED) is 0.338. The number of unbranched alkanes of at least 4 members (excludes halogenated alkanes) is 3. The molecule has 0 fully saturated rings. The van der Waals surface area contributed by atoms with Crippen LogP contribution in [0.25, 0.3) is 10.9 Å². The molecule has 35 heavy (non-hydrogen) atoms. The fraction of sp³-hybridized carbons (Fsp3) is 0.480. The molecule has 0 aliphatic heterocycles. The second kappa shape index (κ2) is 12.1. The topological polar surface area (TPSA) is 147 Å². The number of amides is 1. The van der Waals surface area contributed by atoms with Gasteiger partial charge in [-0.05, 0) is 31.4 Å². The first-order valence-electron chi connectivity index (χ1n) is 12.3. The van der Waals surface area contributed by atoms with Gasteiger partial charge in [-0.1, -0.05) is 45.2 Å². The molecule has 3 aromatic rings. The number of nitrogen functional groups attached to an aromatic ring is 1. The van der Waals surface area contributed by atoms with Crippen LogP contribution in [0.15, 0.2) is 38.6 Å². The van der Waals surface area contributed by atoms with Crippen LogP contribution in [0.4, 0.5) is 11.5 Å². The molecule has 10 heteroatoms. The summed E-state index contributed by atoms with van der Waals surface area (Å²) in [6, 6.07) is 7.09. The molecule has 4 N–H and O–H groups in total. The molecule has 0 saturated carbocycles. The summed E-state index contributed by atoms with van der Waals surface area (Å²) in [5.41, 5.74) is 5.44. The molecule has 3 rings (SSSR count). The number of hydrogen-bond acceptors (Lipinski definition) is 6. The zero-order chi connectivity index (χ0) is 25.4. The Bertz CT molecular complexity index is 1340. The number of fused-ring (bicyclic) bond motifs is 1. The van der Waals surface area contributed by atoms with Crippen molar-refractivity contribution in [2.24, 2.45) is 0 Å². The Balaban J connectivity index is 1.81. The summed E-state index contributed by atoms with van der Waals surface area (Å²) in [4.78, 5) is 61.6. The van der Waals surface area contributed by atoms with Crippen LogP contribution >= 0.6 is 0 Å². The molecular weight excluding hydrogens is 448 g/mol. The lowest BCUT2D eigenvalue weighted by Gasteiger charge is -2.24. The summed E-state index contributed by atoms with van der Waals surface area (Å²) in [5, 5.41) is 0.516. The van der Waals surface area contributed by atoms with Crippen molar-refractivity contribution in [2.75, 3.05) is 17.2 Å². The molecule has 0 aliphatic rings. The average molecular weight is 483 g/mol. The summed E-state index contributed by atoms with van der Waals surface area (Å²) < 4.78 is 1.32. The maximum absolute atomic E-state index is 13.3. The van der Waals surface area contributed by atoms with Crippen LogP contribution < -0.4 is 27.4 Å². The number of aromatic nitrogens is 4. The van der Waals surface area contributed by atoms with Gasteiger partial charge in [-0.3, -0.25) is 23.9 Å². The number of carbonyl (C=O) groups is 1. The fourth-order valence-corrected chi connectivity index (χ4v) is 4.05. The molecule has 2 heterocycles. The van der Waals surface area contributed by atoms with Gasteiger partial charge in [0.25, 0.3) is 11.1 Å². The summed E-state index contributed by atoms with van der Waals surface area (Å²) >= 11 is 0. The summed E-state index contributed by atoms with van der Waals surface area (Å²) in [7, 11) is 0. The third-order valence-corrected chi connectivity index (χ3v) is 5.97. The lowest BCUT2D eigenvalue weighted by Crippen LogP contribution is -2.41. The monoisotopic (exact) mass is 482 g/mol. The van der Waals surface area contributed by atoms with Crippen molar-refractivity contribution in [3.05, 3.63) is 61.3 Å². The first-order chi connectivity index (χ1) is 16.9. The SMILES string of the molecule is CCCCCN(C(=O)CCCc1nc2ccccc2c(=O)[nH]1)c1c(N)n(CCCC)c(=O)[nH]c1=O. The number of aromatic amines is 2. The number of nitrogens with one attached hydrogen (secondary N) is 2. The van der Waals surface area contributed by atoms with Gasteiger partial charge in [0, 0.05) is 25.9 Å². The van der Waals surface area contributed by atoms with E-state index < -0.39 is 11.2 Å². The van der Waals surface area contributed by atoms with Crippen molar-refractivity contribution in [1.82, 2.24) is 19.5 Å². The summed E-state index contributed by atoms with van der Waals surface area (Å²) in [6.07, 6.45) is 5.07. The molecule has 10 nitrogen and oxygen atoms in total. The van der Waals surface area contributed by atoms with E-state index in [-0.39, 0.29) is 29.4 Å². The number of benzene rings is 1. The van der Waals surface area contributed by atoms with Crippen molar-refractivity contribution in [3.63, 3.8) is 0 Å². The number of H-pyrrole nitrogens is 2.